The lowest BCUT2D eigenvalue weighted by atomic mass is 9.75. The Morgan fingerprint density at radius 2 is 2.11 bits per heavy atom. The molecule has 1 N–H and O–H groups in total. The molecule has 0 amide bonds. The zero-order valence-electron chi connectivity index (χ0n) is 11.1. The average molecular weight is 253 g/mol. The second-order valence-corrected chi connectivity index (χ2v) is 5.39. The minimum Gasteiger partial charge on any atom is -0.396 e. The van der Waals surface area contributed by atoms with E-state index in [1.165, 1.54) is 6.07 Å². The van der Waals surface area contributed by atoms with Gasteiger partial charge >= 0.3 is 0 Å². The smallest absolute Gasteiger partial charge is 0.126 e. The standard InChI is InChI=1S/C14H20FNO2/c1-10-6-11(4-5-12(10)15)13(16(2)3)14(7-17)8-18-9-14/h4-6,13,17H,7-9H2,1-3H3. The van der Waals surface area contributed by atoms with Gasteiger partial charge in [0.25, 0.3) is 0 Å². The zero-order chi connectivity index (χ0) is 13.3. The summed E-state index contributed by atoms with van der Waals surface area (Å²) < 4.78 is 18.6. The third-order valence-electron chi connectivity index (χ3n) is 3.69. The molecule has 0 aromatic heterocycles. The molecule has 1 aromatic rings. The van der Waals surface area contributed by atoms with Gasteiger partial charge in [-0.2, -0.15) is 0 Å². The Morgan fingerprint density at radius 3 is 2.50 bits per heavy atom. The fraction of sp³-hybridized carbons (Fsp3) is 0.571. The van der Waals surface area contributed by atoms with Gasteiger partial charge in [-0.15, -0.1) is 0 Å². The second kappa shape index (κ2) is 4.96. The van der Waals surface area contributed by atoms with Crippen molar-refractivity contribution >= 4 is 0 Å². The van der Waals surface area contributed by atoms with Crippen LogP contribution in [0.3, 0.4) is 0 Å². The molecule has 3 nitrogen and oxygen atoms in total. The Kier molecular flexibility index (Phi) is 3.71. The molecule has 1 aliphatic heterocycles. The van der Waals surface area contributed by atoms with E-state index in [2.05, 4.69) is 4.90 Å². The van der Waals surface area contributed by atoms with Crippen LogP contribution in [0.2, 0.25) is 0 Å². The van der Waals surface area contributed by atoms with Crippen LogP contribution in [0, 0.1) is 18.2 Å². The van der Waals surface area contributed by atoms with Gasteiger partial charge in [-0.1, -0.05) is 12.1 Å². The van der Waals surface area contributed by atoms with Crippen molar-refractivity contribution in [3.8, 4) is 0 Å². The van der Waals surface area contributed by atoms with Crippen molar-refractivity contribution in [1.29, 1.82) is 0 Å². The Hall–Kier alpha value is -0.970. The van der Waals surface area contributed by atoms with Crippen LogP contribution in [0.4, 0.5) is 4.39 Å². The maximum atomic E-state index is 13.3. The minimum atomic E-state index is -0.270. The largest absolute Gasteiger partial charge is 0.396 e. The highest BCUT2D eigenvalue weighted by Crippen LogP contribution is 2.43. The van der Waals surface area contributed by atoms with Gasteiger partial charge in [0.15, 0.2) is 0 Å². The van der Waals surface area contributed by atoms with E-state index < -0.39 is 0 Å². The molecule has 2 rings (SSSR count). The third kappa shape index (κ3) is 2.16. The first kappa shape index (κ1) is 13.5. The second-order valence-electron chi connectivity index (χ2n) is 5.39. The van der Waals surface area contributed by atoms with E-state index in [-0.39, 0.29) is 23.9 Å². The van der Waals surface area contributed by atoms with E-state index in [1.54, 1.807) is 13.0 Å². The van der Waals surface area contributed by atoms with Crippen LogP contribution < -0.4 is 0 Å². The lowest BCUT2D eigenvalue weighted by Gasteiger charge is -2.48. The number of aliphatic hydroxyl groups is 1. The van der Waals surface area contributed by atoms with Crippen molar-refractivity contribution in [2.75, 3.05) is 33.9 Å². The number of benzene rings is 1. The van der Waals surface area contributed by atoms with Gasteiger partial charge in [0.2, 0.25) is 0 Å². The molecule has 18 heavy (non-hydrogen) atoms. The summed E-state index contributed by atoms with van der Waals surface area (Å²) in [5.74, 6) is -0.195. The molecule has 1 aliphatic rings. The maximum absolute atomic E-state index is 13.3. The van der Waals surface area contributed by atoms with Crippen molar-refractivity contribution < 1.29 is 14.2 Å². The number of ether oxygens (including phenoxy) is 1. The number of hydrogen-bond acceptors (Lipinski definition) is 3. The zero-order valence-corrected chi connectivity index (χ0v) is 11.1. The summed E-state index contributed by atoms with van der Waals surface area (Å²) in [4.78, 5) is 2.06. The fourth-order valence-corrected chi connectivity index (χ4v) is 2.74. The predicted molar refractivity (Wildman–Crippen MR) is 67.9 cm³/mol. The lowest BCUT2D eigenvalue weighted by Crippen LogP contribution is -2.53. The number of aryl methyl sites for hydroxylation is 1. The van der Waals surface area contributed by atoms with E-state index in [0.29, 0.717) is 18.8 Å². The van der Waals surface area contributed by atoms with E-state index in [0.717, 1.165) is 5.56 Å². The molecule has 1 heterocycles. The van der Waals surface area contributed by atoms with E-state index >= 15 is 0 Å². The molecule has 0 spiro atoms. The first-order valence-corrected chi connectivity index (χ1v) is 6.11. The topological polar surface area (TPSA) is 32.7 Å². The molecule has 1 fully saturated rings. The highest BCUT2D eigenvalue weighted by atomic mass is 19.1. The van der Waals surface area contributed by atoms with Crippen LogP contribution in [0.1, 0.15) is 17.2 Å². The Labute approximate surface area is 107 Å². The summed E-state index contributed by atoms with van der Waals surface area (Å²) in [6.45, 7) is 2.92. The molecule has 1 aromatic carbocycles. The summed E-state index contributed by atoms with van der Waals surface area (Å²) in [5, 5.41) is 9.66. The summed E-state index contributed by atoms with van der Waals surface area (Å²) in [6, 6.07) is 5.18. The minimum absolute atomic E-state index is 0.0375. The Balaban J connectivity index is 2.38. The third-order valence-corrected chi connectivity index (χ3v) is 3.69. The van der Waals surface area contributed by atoms with Crippen molar-refractivity contribution in [2.45, 2.75) is 13.0 Å². The summed E-state index contributed by atoms with van der Waals surface area (Å²) in [5.41, 5.74) is 1.39. The van der Waals surface area contributed by atoms with Gasteiger partial charge in [-0.25, -0.2) is 4.39 Å². The van der Waals surface area contributed by atoms with Crippen molar-refractivity contribution in [1.82, 2.24) is 4.90 Å². The fourth-order valence-electron chi connectivity index (χ4n) is 2.74. The molecule has 1 atom stereocenters. The Bertz CT molecular complexity index is 424. The quantitative estimate of drug-likeness (QED) is 0.887. The van der Waals surface area contributed by atoms with Crippen LogP contribution in [-0.2, 0) is 4.74 Å². The predicted octanol–water partition coefficient (Wildman–Crippen LogP) is 1.75. The molecule has 0 radical (unpaired) electrons. The highest BCUT2D eigenvalue weighted by molar-refractivity contribution is 5.28. The molecular weight excluding hydrogens is 233 g/mol. The first-order chi connectivity index (χ1) is 8.50. The van der Waals surface area contributed by atoms with Gasteiger partial charge in [-0.05, 0) is 38.2 Å². The van der Waals surface area contributed by atoms with Crippen LogP contribution in [-0.4, -0.2) is 43.9 Å². The molecule has 4 heteroatoms. The number of aliphatic hydroxyl groups excluding tert-OH is 1. The van der Waals surface area contributed by atoms with Crippen LogP contribution in [0.15, 0.2) is 18.2 Å². The van der Waals surface area contributed by atoms with Gasteiger partial charge in [-0.3, -0.25) is 0 Å². The maximum Gasteiger partial charge on any atom is 0.126 e. The number of halogens is 1. The molecule has 0 saturated carbocycles. The van der Waals surface area contributed by atoms with E-state index in [1.807, 2.05) is 20.2 Å². The van der Waals surface area contributed by atoms with Gasteiger partial charge < -0.3 is 14.7 Å². The van der Waals surface area contributed by atoms with Crippen molar-refractivity contribution in [3.05, 3.63) is 35.1 Å². The van der Waals surface area contributed by atoms with Crippen LogP contribution in [0.5, 0.6) is 0 Å². The average Bonchev–Trinajstić information content (AvgIpc) is 2.27. The summed E-state index contributed by atoms with van der Waals surface area (Å²) >= 11 is 0. The normalized spacial score (nSPS) is 19.7. The molecule has 0 bridgehead atoms. The monoisotopic (exact) mass is 253 g/mol. The van der Waals surface area contributed by atoms with Crippen molar-refractivity contribution in [2.24, 2.45) is 5.41 Å². The highest BCUT2D eigenvalue weighted by Gasteiger charge is 2.47. The molecular formula is C14H20FNO2. The van der Waals surface area contributed by atoms with Crippen molar-refractivity contribution in [3.63, 3.8) is 0 Å². The molecule has 0 aliphatic carbocycles. The molecule has 1 saturated heterocycles. The number of rotatable bonds is 4. The van der Waals surface area contributed by atoms with E-state index in [9.17, 15) is 9.50 Å². The SMILES string of the molecule is Cc1cc(C(N(C)C)C2(CO)COC2)ccc1F. The van der Waals surface area contributed by atoms with Gasteiger partial charge in [0, 0.05) is 6.04 Å². The van der Waals surface area contributed by atoms with Crippen LogP contribution >= 0.6 is 0 Å². The molecule has 100 valence electrons. The van der Waals surface area contributed by atoms with Gasteiger partial charge in [0.05, 0.1) is 25.2 Å². The van der Waals surface area contributed by atoms with E-state index in [4.69, 9.17) is 4.74 Å². The lowest BCUT2D eigenvalue weighted by molar-refractivity contribution is -0.172. The van der Waals surface area contributed by atoms with Gasteiger partial charge in [0.1, 0.15) is 5.82 Å². The number of nitrogens with zero attached hydrogens (tertiary/aromatic N) is 1. The Morgan fingerprint density at radius 1 is 1.44 bits per heavy atom. The molecule has 1 unspecified atom stereocenters. The summed E-state index contributed by atoms with van der Waals surface area (Å²) in [7, 11) is 3.94. The first-order valence-electron chi connectivity index (χ1n) is 6.11. The number of hydrogen-bond donors (Lipinski definition) is 1. The van der Waals surface area contributed by atoms with Crippen LogP contribution in [0.25, 0.3) is 0 Å². The summed E-state index contributed by atoms with van der Waals surface area (Å²) in [6.07, 6.45) is 0.